The summed E-state index contributed by atoms with van der Waals surface area (Å²) in [4.78, 5) is 0. The molecule has 1 heterocycles. The van der Waals surface area contributed by atoms with Gasteiger partial charge in [-0.2, -0.15) is 0 Å². The Labute approximate surface area is 104 Å². The molecule has 0 saturated heterocycles. The number of rotatable bonds is 3. The highest BCUT2D eigenvalue weighted by atomic mass is 35.5. The minimum atomic E-state index is -0.204. The van der Waals surface area contributed by atoms with E-state index in [4.69, 9.17) is 11.6 Å². The SMILES string of the molecule is Cc1cc(F)ccc1CCn1c(C)nnc1Cl. The highest BCUT2D eigenvalue weighted by Crippen LogP contribution is 2.14. The van der Waals surface area contributed by atoms with Crippen LogP contribution in [0.2, 0.25) is 5.28 Å². The zero-order chi connectivity index (χ0) is 12.4. The molecule has 0 saturated carbocycles. The van der Waals surface area contributed by atoms with Crippen molar-refractivity contribution >= 4 is 11.6 Å². The third kappa shape index (κ3) is 2.64. The van der Waals surface area contributed by atoms with Crippen LogP contribution in [-0.4, -0.2) is 14.8 Å². The second-order valence-corrected chi connectivity index (χ2v) is 4.33. The largest absolute Gasteiger partial charge is 0.302 e. The summed E-state index contributed by atoms with van der Waals surface area (Å²) in [6, 6.07) is 4.82. The summed E-state index contributed by atoms with van der Waals surface area (Å²) < 4.78 is 14.8. The lowest BCUT2D eigenvalue weighted by Crippen LogP contribution is -2.05. The van der Waals surface area contributed by atoms with Crippen LogP contribution in [0.15, 0.2) is 18.2 Å². The fourth-order valence-corrected chi connectivity index (χ4v) is 2.03. The number of nitrogens with zero attached hydrogens (tertiary/aromatic N) is 3. The van der Waals surface area contributed by atoms with Gasteiger partial charge in [0, 0.05) is 6.54 Å². The zero-order valence-electron chi connectivity index (χ0n) is 9.74. The molecule has 2 aromatic rings. The van der Waals surface area contributed by atoms with Gasteiger partial charge in [-0.3, -0.25) is 0 Å². The maximum absolute atomic E-state index is 12.9. The van der Waals surface area contributed by atoms with Crippen molar-refractivity contribution in [3.63, 3.8) is 0 Å². The van der Waals surface area contributed by atoms with Crippen molar-refractivity contribution in [2.45, 2.75) is 26.8 Å². The predicted octanol–water partition coefficient (Wildman–Crippen LogP) is 2.93. The summed E-state index contributed by atoms with van der Waals surface area (Å²) in [5.74, 6) is 0.583. The average Bonchev–Trinajstić information content (AvgIpc) is 2.58. The van der Waals surface area contributed by atoms with Crippen LogP contribution < -0.4 is 0 Å². The molecule has 0 aliphatic carbocycles. The van der Waals surface area contributed by atoms with Crippen molar-refractivity contribution in [3.8, 4) is 0 Å². The van der Waals surface area contributed by atoms with Crippen molar-refractivity contribution < 1.29 is 4.39 Å². The fraction of sp³-hybridized carbons (Fsp3) is 0.333. The lowest BCUT2D eigenvalue weighted by atomic mass is 10.1. The monoisotopic (exact) mass is 253 g/mol. The van der Waals surface area contributed by atoms with E-state index in [-0.39, 0.29) is 5.82 Å². The first-order valence-corrected chi connectivity index (χ1v) is 5.76. The Kier molecular flexibility index (Phi) is 3.43. The van der Waals surface area contributed by atoms with Crippen LogP contribution in [0.3, 0.4) is 0 Å². The molecule has 0 radical (unpaired) electrons. The third-order valence-electron chi connectivity index (χ3n) is 2.80. The molecule has 1 aromatic carbocycles. The van der Waals surface area contributed by atoms with Crippen LogP contribution >= 0.6 is 11.6 Å². The molecule has 1 aromatic heterocycles. The molecular weight excluding hydrogens is 241 g/mol. The molecule has 3 nitrogen and oxygen atoms in total. The number of halogens is 2. The van der Waals surface area contributed by atoms with E-state index in [1.807, 2.05) is 18.4 Å². The number of hydrogen-bond donors (Lipinski definition) is 0. The molecule has 0 spiro atoms. The Hall–Kier alpha value is -1.42. The van der Waals surface area contributed by atoms with Gasteiger partial charge in [0.2, 0.25) is 5.28 Å². The highest BCUT2D eigenvalue weighted by Gasteiger charge is 2.07. The van der Waals surface area contributed by atoms with E-state index < -0.39 is 0 Å². The summed E-state index contributed by atoms with van der Waals surface area (Å²) in [6.07, 6.45) is 0.782. The van der Waals surface area contributed by atoms with Gasteiger partial charge in [-0.1, -0.05) is 6.07 Å². The molecular formula is C12H13ClFN3. The van der Waals surface area contributed by atoms with Crippen molar-refractivity contribution in [1.82, 2.24) is 14.8 Å². The Morgan fingerprint density at radius 1 is 1.29 bits per heavy atom. The summed E-state index contributed by atoms with van der Waals surface area (Å²) in [6.45, 7) is 4.46. The van der Waals surface area contributed by atoms with E-state index in [1.165, 1.54) is 12.1 Å². The molecule has 0 unspecified atom stereocenters. The molecule has 0 N–H and O–H groups in total. The van der Waals surface area contributed by atoms with Gasteiger partial charge in [0.25, 0.3) is 0 Å². The van der Waals surface area contributed by atoms with Gasteiger partial charge in [0.1, 0.15) is 11.6 Å². The van der Waals surface area contributed by atoms with Crippen molar-refractivity contribution in [3.05, 3.63) is 46.3 Å². The van der Waals surface area contributed by atoms with E-state index in [2.05, 4.69) is 10.2 Å². The molecule has 2 rings (SSSR count). The quantitative estimate of drug-likeness (QED) is 0.842. The molecule has 0 amide bonds. The second-order valence-electron chi connectivity index (χ2n) is 3.99. The van der Waals surface area contributed by atoms with Gasteiger partial charge in [-0.25, -0.2) is 4.39 Å². The average molecular weight is 254 g/mol. The van der Waals surface area contributed by atoms with Crippen LogP contribution in [-0.2, 0) is 13.0 Å². The second kappa shape index (κ2) is 4.84. The van der Waals surface area contributed by atoms with Crippen LogP contribution in [0, 0.1) is 19.7 Å². The maximum atomic E-state index is 12.9. The van der Waals surface area contributed by atoms with E-state index >= 15 is 0 Å². The van der Waals surface area contributed by atoms with E-state index in [0.29, 0.717) is 11.8 Å². The van der Waals surface area contributed by atoms with Gasteiger partial charge in [-0.15, -0.1) is 10.2 Å². The third-order valence-corrected chi connectivity index (χ3v) is 3.08. The lowest BCUT2D eigenvalue weighted by Gasteiger charge is -2.08. The number of hydrogen-bond acceptors (Lipinski definition) is 2. The minimum absolute atomic E-state index is 0.204. The molecule has 0 aliphatic heterocycles. The van der Waals surface area contributed by atoms with Gasteiger partial charge in [-0.05, 0) is 55.1 Å². The fourth-order valence-electron chi connectivity index (χ4n) is 1.78. The summed E-state index contributed by atoms with van der Waals surface area (Å²) in [7, 11) is 0. The van der Waals surface area contributed by atoms with Crippen LogP contribution in [0.5, 0.6) is 0 Å². The van der Waals surface area contributed by atoms with E-state index in [9.17, 15) is 4.39 Å². The molecule has 0 bridgehead atoms. The van der Waals surface area contributed by atoms with Gasteiger partial charge in [0.05, 0.1) is 0 Å². The van der Waals surface area contributed by atoms with Gasteiger partial charge in [0.15, 0.2) is 0 Å². The number of aromatic nitrogens is 3. The Balaban J connectivity index is 2.13. The lowest BCUT2D eigenvalue weighted by molar-refractivity contribution is 0.623. The Bertz CT molecular complexity index is 517. The highest BCUT2D eigenvalue weighted by molar-refractivity contribution is 6.28. The smallest absolute Gasteiger partial charge is 0.225 e. The van der Waals surface area contributed by atoms with Gasteiger partial charge >= 0.3 is 0 Å². The summed E-state index contributed by atoms with van der Waals surface area (Å²) in [5.41, 5.74) is 2.06. The number of aryl methyl sites for hydroxylation is 3. The first-order chi connectivity index (χ1) is 8.08. The first-order valence-electron chi connectivity index (χ1n) is 5.38. The van der Waals surface area contributed by atoms with Crippen LogP contribution in [0.25, 0.3) is 0 Å². The van der Waals surface area contributed by atoms with Crippen LogP contribution in [0.1, 0.15) is 17.0 Å². The topological polar surface area (TPSA) is 30.7 Å². The van der Waals surface area contributed by atoms with Crippen molar-refractivity contribution in [2.24, 2.45) is 0 Å². The number of benzene rings is 1. The van der Waals surface area contributed by atoms with E-state index in [1.54, 1.807) is 6.07 Å². The Morgan fingerprint density at radius 2 is 2.06 bits per heavy atom. The Morgan fingerprint density at radius 3 is 2.65 bits per heavy atom. The van der Waals surface area contributed by atoms with E-state index in [0.717, 1.165) is 23.4 Å². The molecule has 0 aliphatic rings. The summed E-state index contributed by atoms with van der Waals surface area (Å²) >= 11 is 5.91. The maximum Gasteiger partial charge on any atom is 0.225 e. The van der Waals surface area contributed by atoms with Crippen molar-refractivity contribution in [1.29, 1.82) is 0 Å². The zero-order valence-corrected chi connectivity index (χ0v) is 10.5. The normalized spacial score (nSPS) is 10.8. The molecule has 5 heteroatoms. The van der Waals surface area contributed by atoms with Gasteiger partial charge < -0.3 is 4.57 Å². The summed E-state index contributed by atoms with van der Waals surface area (Å²) in [5, 5.41) is 8.06. The predicted molar refractivity (Wildman–Crippen MR) is 64.6 cm³/mol. The standard InChI is InChI=1S/C12H13ClFN3/c1-8-7-11(14)4-3-10(8)5-6-17-9(2)15-16-12(17)13/h3-4,7H,5-6H2,1-2H3. The molecule has 17 heavy (non-hydrogen) atoms. The molecule has 90 valence electrons. The molecule has 0 fully saturated rings. The van der Waals surface area contributed by atoms with Crippen molar-refractivity contribution in [2.75, 3.05) is 0 Å². The minimum Gasteiger partial charge on any atom is -0.302 e. The first kappa shape index (κ1) is 12.0. The molecule has 0 atom stereocenters. The van der Waals surface area contributed by atoms with Crippen LogP contribution in [0.4, 0.5) is 4.39 Å².